The zero-order chi connectivity index (χ0) is 12.8. The minimum atomic E-state index is 0.481. The molecule has 3 nitrogen and oxygen atoms in total. The molecule has 1 rings (SSSR count). The van der Waals surface area contributed by atoms with Crippen molar-refractivity contribution in [2.45, 2.75) is 52.4 Å². The molecule has 0 amide bonds. The largest absolute Gasteiger partial charge is 0.372 e. The van der Waals surface area contributed by atoms with Gasteiger partial charge in [-0.2, -0.15) is 0 Å². The maximum Gasteiger partial charge on any atom is 0.143 e. The van der Waals surface area contributed by atoms with E-state index >= 15 is 0 Å². The molecule has 0 saturated carbocycles. The molecule has 0 atom stereocenters. The Bertz CT molecular complexity index is 362. The molecule has 0 unspecified atom stereocenters. The van der Waals surface area contributed by atoms with Crippen molar-refractivity contribution in [3.63, 3.8) is 0 Å². The highest BCUT2D eigenvalue weighted by Gasteiger charge is 2.16. The van der Waals surface area contributed by atoms with E-state index < -0.39 is 0 Å². The van der Waals surface area contributed by atoms with E-state index in [0.717, 1.165) is 37.3 Å². The number of rotatable bonds is 6. The van der Waals surface area contributed by atoms with Crippen LogP contribution in [0.5, 0.6) is 0 Å². The smallest absolute Gasteiger partial charge is 0.143 e. The molecule has 0 spiro atoms. The summed E-state index contributed by atoms with van der Waals surface area (Å²) < 4.78 is 1.17. The number of anilines is 1. The highest BCUT2D eigenvalue weighted by atomic mass is 127. The van der Waals surface area contributed by atoms with Crippen LogP contribution < -0.4 is 5.32 Å². The predicted molar refractivity (Wildman–Crippen MR) is 81.6 cm³/mol. The number of nitrogens with one attached hydrogen (secondary N) is 1. The topological polar surface area (TPSA) is 37.8 Å². The second-order valence-corrected chi connectivity index (χ2v) is 5.28. The molecular formula is C13H22IN3. The molecule has 0 saturated heterocycles. The third-order valence-corrected chi connectivity index (χ3v) is 4.14. The lowest BCUT2D eigenvalue weighted by Gasteiger charge is -2.15. The third-order valence-electron chi connectivity index (χ3n) is 3.01. The van der Waals surface area contributed by atoms with E-state index in [2.05, 4.69) is 53.7 Å². The lowest BCUT2D eigenvalue weighted by atomic mass is 10.0. The number of halogens is 1. The zero-order valence-corrected chi connectivity index (χ0v) is 13.3. The van der Waals surface area contributed by atoms with Gasteiger partial charge in [-0.25, -0.2) is 9.97 Å². The number of aryl methyl sites for hydroxylation is 1. The van der Waals surface area contributed by atoms with E-state index in [1.54, 1.807) is 0 Å². The number of hydrogen-bond donors (Lipinski definition) is 1. The summed E-state index contributed by atoms with van der Waals surface area (Å²) in [5.41, 5.74) is 1.19. The Morgan fingerprint density at radius 3 is 2.29 bits per heavy atom. The zero-order valence-electron chi connectivity index (χ0n) is 11.2. The third kappa shape index (κ3) is 3.53. The summed E-state index contributed by atoms with van der Waals surface area (Å²) in [7, 11) is 1.93. The second-order valence-electron chi connectivity index (χ2n) is 4.20. The first kappa shape index (κ1) is 14.7. The van der Waals surface area contributed by atoms with Crippen LogP contribution in [0.15, 0.2) is 0 Å². The Kier molecular flexibility index (Phi) is 6.16. The van der Waals surface area contributed by atoms with Crippen LogP contribution in [0, 0.1) is 3.57 Å². The van der Waals surface area contributed by atoms with Gasteiger partial charge in [-0.1, -0.05) is 27.2 Å². The van der Waals surface area contributed by atoms with Gasteiger partial charge in [0.2, 0.25) is 0 Å². The van der Waals surface area contributed by atoms with Gasteiger partial charge < -0.3 is 5.32 Å². The van der Waals surface area contributed by atoms with Gasteiger partial charge in [0.15, 0.2) is 0 Å². The Balaban J connectivity index is 3.18. The van der Waals surface area contributed by atoms with Crippen LogP contribution in [0.2, 0.25) is 0 Å². The van der Waals surface area contributed by atoms with E-state index in [0.29, 0.717) is 5.92 Å². The second kappa shape index (κ2) is 7.13. The minimum absolute atomic E-state index is 0.481. The number of hydrogen-bond acceptors (Lipinski definition) is 3. The van der Waals surface area contributed by atoms with Crippen LogP contribution in [-0.4, -0.2) is 17.0 Å². The first-order valence-electron chi connectivity index (χ1n) is 6.41. The lowest BCUT2D eigenvalue weighted by Crippen LogP contribution is -2.10. The van der Waals surface area contributed by atoms with Crippen LogP contribution in [-0.2, 0) is 6.42 Å². The van der Waals surface area contributed by atoms with E-state index in [-0.39, 0.29) is 0 Å². The quantitative estimate of drug-likeness (QED) is 0.791. The Morgan fingerprint density at radius 1 is 1.18 bits per heavy atom. The fourth-order valence-electron chi connectivity index (χ4n) is 1.92. The molecule has 1 aromatic rings. The van der Waals surface area contributed by atoms with Gasteiger partial charge in [0.05, 0.1) is 9.26 Å². The van der Waals surface area contributed by atoms with Gasteiger partial charge in [-0.3, -0.25) is 0 Å². The molecule has 17 heavy (non-hydrogen) atoms. The number of aromatic nitrogens is 2. The van der Waals surface area contributed by atoms with Crippen molar-refractivity contribution in [2.75, 3.05) is 12.4 Å². The highest BCUT2D eigenvalue weighted by Crippen LogP contribution is 2.25. The molecule has 0 fully saturated rings. The first-order valence-corrected chi connectivity index (χ1v) is 7.49. The average Bonchev–Trinajstić information content (AvgIpc) is 2.34. The Labute approximate surface area is 118 Å². The van der Waals surface area contributed by atoms with E-state index in [4.69, 9.17) is 4.98 Å². The van der Waals surface area contributed by atoms with Crippen molar-refractivity contribution in [1.82, 2.24) is 9.97 Å². The van der Waals surface area contributed by atoms with Crippen molar-refractivity contribution in [3.8, 4) is 0 Å². The Hall–Kier alpha value is -0.390. The molecule has 1 N–H and O–H groups in total. The summed E-state index contributed by atoms with van der Waals surface area (Å²) in [6, 6.07) is 0. The molecule has 96 valence electrons. The first-order chi connectivity index (χ1) is 8.17. The molecule has 0 aliphatic rings. The SMILES string of the molecule is CCCc1nc(C(CC)CC)nc(NC)c1I. The summed E-state index contributed by atoms with van der Waals surface area (Å²) in [5.74, 6) is 2.46. The molecule has 1 aromatic heterocycles. The monoisotopic (exact) mass is 347 g/mol. The van der Waals surface area contributed by atoms with Gasteiger partial charge in [0.25, 0.3) is 0 Å². The maximum atomic E-state index is 4.75. The summed E-state index contributed by atoms with van der Waals surface area (Å²) >= 11 is 2.34. The van der Waals surface area contributed by atoms with Crippen LogP contribution >= 0.6 is 22.6 Å². The molecule has 0 radical (unpaired) electrons. The van der Waals surface area contributed by atoms with Crippen molar-refractivity contribution in [2.24, 2.45) is 0 Å². The molecular weight excluding hydrogens is 325 g/mol. The highest BCUT2D eigenvalue weighted by molar-refractivity contribution is 14.1. The lowest BCUT2D eigenvalue weighted by molar-refractivity contribution is 0.596. The predicted octanol–water partition coefficient (Wildman–Crippen LogP) is 3.98. The van der Waals surface area contributed by atoms with E-state index in [1.165, 1.54) is 9.26 Å². The molecule has 4 heteroatoms. The van der Waals surface area contributed by atoms with E-state index in [1.807, 2.05) is 7.05 Å². The molecule has 1 heterocycles. The summed E-state index contributed by atoms with van der Waals surface area (Å²) in [6.07, 6.45) is 4.36. The molecule has 0 aromatic carbocycles. The molecule has 0 aliphatic carbocycles. The van der Waals surface area contributed by atoms with Crippen LogP contribution in [0.4, 0.5) is 5.82 Å². The van der Waals surface area contributed by atoms with Gasteiger partial charge in [-0.05, 0) is 41.9 Å². The van der Waals surface area contributed by atoms with Crippen LogP contribution in [0.3, 0.4) is 0 Å². The van der Waals surface area contributed by atoms with Gasteiger partial charge >= 0.3 is 0 Å². The fourth-order valence-corrected chi connectivity index (χ4v) is 2.70. The van der Waals surface area contributed by atoms with E-state index in [9.17, 15) is 0 Å². The molecule has 0 bridgehead atoms. The normalized spacial score (nSPS) is 10.9. The van der Waals surface area contributed by atoms with Crippen molar-refractivity contribution in [3.05, 3.63) is 15.1 Å². The maximum absolute atomic E-state index is 4.75. The Morgan fingerprint density at radius 2 is 1.82 bits per heavy atom. The summed E-state index contributed by atoms with van der Waals surface area (Å²) in [4.78, 5) is 9.40. The van der Waals surface area contributed by atoms with Crippen LogP contribution in [0.1, 0.15) is 57.5 Å². The molecule has 0 aliphatic heterocycles. The summed E-state index contributed by atoms with van der Waals surface area (Å²) in [6.45, 7) is 6.59. The van der Waals surface area contributed by atoms with Gasteiger partial charge in [0.1, 0.15) is 11.6 Å². The average molecular weight is 347 g/mol. The summed E-state index contributed by atoms with van der Waals surface area (Å²) in [5, 5.41) is 3.18. The van der Waals surface area contributed by atoms with Crippen molar-refractivity contribution in [1.29, 1.82) is 0 Å². The minimum Gasteiger partial charge on any atom is -0.372 e. The van der Waals surface area contributed by atoms with Gasteiger partial charge in [-0.15, -0.1) is 0 Å². The van der Waals surface area contributed by atoms with Crippen molar-refractivity contribution >= 4 is 28.4 Å². The standard InChI is InChI=1S/C13H22IN3/c1-5-8-10-11(14)13(15-4)17-12(16-10)9(6-2)7-3/h9H,5-8H2,1-4H3,(H,15,16,17). The fraction of sp³-hybridized carbons (Fsp3) is 0.692. The number of nitrogens with zero attached hydrogens (tertiary/aromatic N) is 2. The van der Waals surface area contributed by atoms with Crippen molar-refractivity contribution < 1.29 is 0 Å². The van der Waals surface area contributed by atoms with Crippen LogP contribution in [0.25, 0.3) is 0 Å². The van der Waals surface area contributed by atoms with Gasteiger partial charge in [0, 0.05) is 13.0 Å².